The molecule has 0 aliphatic heterocycles. The lowest BCUT2D eigenvalue weighted by molar-refractivity contribution is 0.523. The molecule has 1 heterocycles. The summed E-state index contributed by atoms with van der Waals surface area (Å²) in [5, 5.41) is 0. The standard InChI is InChI=1S/C24H30N2/c1-7-8-18(11-16(2)3)21-14-22(26-15-25-21)20-13-17(4)12-19-9-10-24(5,6)23(19)20/h7-8,11-16H,9-10H2,1-6H3/b8-7-,18-11+. The van der Waals surface area contributed by atoms with Gasteiger partial charge in [0.25, 0.3) is 0 Å². The molecule has 0 N–H and O–H groups in total. The normalized spacial score (nSPS) is 16.5. The highest BCUT2D eigenvalue weighted by molar-refractivity contribution is 5.76. The van der Waals surface area contributed by atoms with Gasteiger partial charge < -0.3 is 0 Å². The summed E-state index contributed by atoms with van der Waals surface area (Å²) in [5.74, 6) is 0.474. The molecule has 0 spiro atoms. The lowest BCUT2D eigenvalue weighted by Gasteiger charge is -2.23. The molecular weight excluding hydrogens is 316 g/mol. The maximum atomic E-state index is 4.65. The van der Waals surface area contributed by atoms with Crippen LogP contribution in [0.2, 0.25) is 0 Å². The van der Waals surface area contributed by atoms with E-state index < -0.39 is 0 Å². The Kier molecular flexibility index (Phi) is 5.13. The van der Waals surface area contributed by atoms with E-state index in [2.05, 4.69) is 81.0 Å². The summed E-state index contributed by atoms with van der Waals surface area (Å²) < 4.78 is 0. The summed E-state index contributed by atoms with van der Waals surface area (Å²) in [6.07, 6.45) is 10.5. The van der Waals surface area contributed by atoms with E-state index in [0.717, 1.165) is 23.4 Å². The van der Waals surface area contributed by atoms with Crippen molar-refractivity contribution < 1.29 is 0 Å². The number of hydrogen-bond donors (Lipinski definition) is 0. The molecule has 0 bridgehead atoms. The fourth-order valence-corrected chi connectivity index (χ4v) is 4.06. The van der Waals surface area contributed by atoms with Crippen LogP contribution < -0.4 is 0 Å². The molecule has 1 aromatic carbocycles. The predicted octanol–water partition coefficient (Wildman–Crippen LogP) is 6.29. The number of rotatable bonds is 4. The van der Waals surface area contributed by atoms with Crippen molar-refractivity contribution in [3.8, 4) is 11.3 Å². The van der Waals surface area contributed by atoms with Crippen LogP contribution in [0.3, 0.4) is 0 Å². The number of fused-ring (bicyclic) bond motifs is 1. The number of hydrogen-bond acceptors (Lipinski definition) is 2. The molecule has 136 valence electrons. The number of benzene rings is 1. The van der Waals surface area contributed by atoms with Gasteiger partial charge in [-0.15, -0.1) is 0 Å². The summed E-state index contributed by atoms with van der Waals surface area (Å²) in [6.45, 7) is 13.3. The number of aromatic nitrogens is 2. The minimum atomic E-state index is 0.198. The molecule has 0 amide bonds. The van der Waals surface area contributed by atoms with Gasteiger partial charge >= 0.3 is 0 Å². The third kappa shape index (κ3) is 3.65. The van der Waals surface area contributed by atoms with E-state index in [9.17, 15) is 0 Å². The molecular formula is C24H30N2. The SMILES string of the molecule is C/C=C\C(=C/C(C)C)c1cc(-c2cc(C)cc3c2C(C)(C)CC3)ncn1. The fraction of sp³-hybridized carbons (Fsp3) is 0.417. The van der Waals surface area contributed by atoms with Crippen molar-refractivity contribution in [1.82, 2.24) is 9.97 Å². The van der Waals surface area contributed by atoms with E-state index in [0.29, 0.717) is 5.92 Å². The molecule has 0 fully saturated rings. The van der Waals surface area contributed by atoms with E-state index in [1.807, 2.05) is 6.92 Å². The van der Waals surface area contributed by atoms with Crippen LogP contribution in [0.1, 0.15) is 63.4 Å². The van der Waals surface area contributed by atoms with Gasteiger partial charge in [0, 0.05) is 5.56 Å². The third-order valence-electron chi connectivity index (χ3n) is 5.16. The minimum absolute atomic E-state index is 0.198. The number of allylic oxidation sites excluding steroid dienone is 4. The van der Waals surface area contributed by atoms with Crippen molar-refractivity contribution >= 4 is 5.57 Å². The molecule has 0 radical (unpaired) electrons. The van der Waals surface area contributed by atoms with Crippen molar-refractivity contribution in [2.24, 2.45) is 5.92 Å². The summed E-state index contributed by atoms with van der Waals surface area (Å²) in [7, 11) is 0. The predicted molar refractivity (Wildman–Crippen MR) is 111 cm³/mol. The minimum Gasteiger partial charge on any atom is -0.236 e. The number of aryl methyl sites for hydroxylation is 2. The topological polar surface area (TPSA) is 25.8 Å². The third-order valence-corrected chi connectivity index (χ3v) is 5.16. The molecule has 1 aromatic heterocycles. The zero-order valence-electron chi connectivity index (χ0n) is 16.9. The van der Waals surface area contributed by atoms with Gasteiger partial charge in [0.1, 0.15) is 6.33 Å². The number of nitrogens with zero attached hydrogens (tertiary/aromatic N) is 2. The van der Waals surface area contributed by atoms with Crippen LogP contribution in [0.15, 0.2) is 42.8 Å². The van der Waals surface area contributed by atoms with E-state index in [1.165, 1.54) is 28.7 Å². The Balaban J connectivity index is 2.16. The van der Waals surface area contributed by atoms with Gasteiger partial charge in [-0.05, 0) is 66.9 Å². The molecule has 1 aliphatic carbocycles. The first-order valence-corrected chi connectivity index (χ1v) is 9.63. The van der Waals surface area contributed by atoms with Crippen LogP contribution in [0.4, 0.5) is 0 Å². The van der Waals surface area contributed by atoms with Crippen molar-refractivity contribution in [2.75, 3.05) is 0 Å². The largest absolute Gasteiger partial charge is 0.236 e. The van der Waals surface area contributed by atoms with Gasteiger partial charge in [-0.2, -0.15) is 0 Å². The highest BCUT2D eigenvalue weighted by Crippen LogP contribution is 2.44. The Morgan fingerprint density at radius 2 is 1.92 bits per heavy atom. The first kappa shape index (κ1) is 18.6. The Bertz CT molecular complexity index is 870. The van der Waals surface area contributed by atoms with E-state index >= 15 is 0 Å². The molecule has 2 heteroatoms. The van der Waals surface area contributed by atoms with Gasteiger partial charge in [-0.1, -0.05) is 57.6 Å². The fourth-order valence-electron chi connectivity index (χ4n) is 4.06. The first-order valence-electron chi connectivity index (χ1n) is 9.63. The van der Waals surface area contributed by atoms with Crippen molar-refractivity contribution in [3.05, 3.63) is 65.1 Å². The van der Waals surface area contributed by atoms with Crippen LogP contribution >= 0.6 is 0 Å². The van der Waals surface area contributed by atoms with Gasteiger partial charge in [0.2, 0.25) is 0 Å². The second-order valence-corrected chi connectivity index (χ2v) is 8.39. The highest BCUT2D eigenvalue weighted by atomic mass is 14.8. The molecule has 0 unspecified atom stereocenters. The molecule has 0 atom stereocenters. The molecule has 3 rings (SSSR count). The van der Waals surface area contributed by atoms with E-state index in [4.69, 9.17) is 0 Å². The van der Waals surface area contributed by atoms with Crippen LogP contribution in [-0.4, -0.2) is 9.97 Å². The first-order chi connectivity index (χ1) is 12.3. The monoisotopic (exact) mass is 346 g/mol. The average molecular weight is 347 g/mol. The second kappa shape index (κ2) is 7.19. The molecule has 1 aliphatic rings. The van der Waals surface area contributed by atoms with Gasteiger partial charge in [-0.3, -0.25) is 0 Å². The molecule has 0 saturated heterocycles. The van der Waals surface area contributed by atoms with E-state index in [-0.39, 0.29) is 5.41 Å². The Labute approximate surface area is 158 Å². The zero-order valence-corrected chi connectivity index (χ0v) is 16.9. The molecule has 26 heavy (non-hydrogen) atoms. The second-order valence-electron chi connectivity index (χ2n) is 8.39. The van der Waals surface area contributed by atoms with Gasteiger partial charge in [0.15, 0.2) is 0 Å². The maximum Gasteiger partial charge on any atom is 0.116 e. The van der Waals surface area contributed by atoms with Gasteiger partial charge in [0.05, 0.1) is 11.4 Å². The quantitative estimate of drug-likeness (QED) is 0.608. The molecule has 2 aromatic rings. The van der Waals surface area contributed by atoms with Crippen LogP contribution in [0.5, 0.6) is 0 Å². The van der Waals surface area contributed by atoms with Crippen molar-refractivity contribution in [3.63, 3.8) is 0 Å². The Morgan fingerprint density at radius 1 is 1.15 bits per heavy atom. The van der Waals surface area contributed by atoms with Gasteiger partial charge in [-0.25, -0.2) is 9.97 Å². The van der Waals surface area contributed by atoms with Crippen LogP contribution in [-0.2, 0) is 11.8 Å². The lowest BCUT2D eigenvalue weighted by atomic mass is 9.82. The zero-order chi connectivity index (χ0) is 18.9. The summed E-state index contributed by atoms with van der Waals surface area (Å²) in [4.78, 5) is 9.21. The average Bonchev–Trinajstić information content (AvgIpc) is 2.88. The molecule has 0 saturated carbocycles. The maximum absolute atomic E-state index is 4.65. The lowest BCUT2D eigenvalue weighted by Crippen LogP contribution is -2.14. The summed E-state index contributed by atoms with van der Waals surface area (Å²) >= 11 is 0. The van der Waals surface area contributed by atoms with E-state index in [1.54, 1.807) is 6.33 Å². The summed E-state index contributed by atoms with van der Waals surface area (Å²) in [6, 6.07) is 6.79. The smallest absolute Gasteiger partial charge is 0.116 e. The van der Waals surface area contributed by atoms with Crippen LogP contribution in [0.25, 0.3) is 16.8 Å². The van der Waals surface area contributed by atoms with Crippen molar-refractivity contribution in [2.45, 2.75) is 59.8 Å². The Hall–Kier alpha value is -2.22. The Morgan fingerprint density at radius 3 is 2.62 bits per heavy atom. The highest BCUT2D eigenvalue weighted by Gasteiger charge is 2.33. The summed E-state index contributed by atoms with van der Waals surface area (Å²) in [5.41, 5.74) is 8.92. The molecule has 2 nitrogen and oxygen atoms in total. The van der Waals surface area contributed by atoms with Crippen molar-refractivity contribution in [1.29, 1.82) is 0 Å². The van der Waals surface area contributed by atoms with Crippen LogP contribution in [0, 0.1) is 12.8 Å².